The van der Waals surface area contributed by atoms with Crippen molar-refractivity contribution < 1.29 is 0 Å². The maximum absolute atomic E-state index is 2.50. The monoisotopic (exact) mass is 775 g/mol. The summed E-state index contributed by atoms with van der Waals surface area (Å²) in [4.78, 5) is 0. The molecule has 3 nitrogen and oxygen atoms in total. The molecule has 0 saturated heterocycles. The highest BCUT2D eigenvalue weighted by Gasteiger charge is 2.22. The van der Waals surface area contributed by atoms with E-state index < -0.39 is 0 Å². The molecule has 0 radical (unpaired) electrons. The van der Waals surface area contributed by atoms with Gasteiger partial charge in [-0.25, -0.2) is 0 Å². The van der Waals surface area contributed by atoms with Gasteiger partial charge in [-0.3, -0.25) is 0 Å². The van der Waals surface area contributed by atoms with Crippen LogP contribution < -0.4 is 0 Å². The van der Waals surface area contributed by atoms with E-state index in [0.717, 1.165) is 17.1 Å². The summed E-state index contributed by atoms with van der Waals surface area (Å²) < 4.78 is 7.38. The molecule has 0 unspecified atom stereocenters. The SMILES string of the molecule is c1ccc(-c2cccc(-n3c4ccccc4c4cc(-c5ccc6c(c5)c5ccc7c8ccccc8n(-c8ccccc8)c7c5n6-c5ccc6ccccc6c5)ccc43)c2)cc1. The van der Waals surface area contributed by atoms with Gasteiger partial charge in [-0.15, -0.1) is 0 Å². The number of hydrogen-bond acceptors (Lipinski definition) is 0. The Kier molecular flexibility index (Phi) is 7.31. The van der Waals surface area contributed by atoms with Gasteiger partial charge in [0.2, 0.25) is 0 Å². The third-order valence-electron chi connectivity index (χ3n) is 12.8. The lowest BCUT2D eigenvalue weighted by molar-refractivity contribution is 1.15. The summed E-state index contributed by atoms with van der Waals surface area (Å²) in [6, 6.07) is 82.3. The van der Waals surface area contributed by atoms with E-state index in [1.165, 1.54) is 98.4 Å². The van der Waals surface area contributed by atoms with Crippen molar-refractivity contribution in [2.24, 2.45) is 0 Å². The summed E-state index contributed by atoms with van der Waals surface area (Å²) in [5, 5.41) is 9.90. The summed E-state index contributed by atoms with van der Waals surface area (Å²) in [7, 11) is 0. The Bertz CT molecular complexity index is 3860. The van der Waals surface area contributed by atoms with E-state index in [0.29, 0.717) is 0 Å². The lowest BCUT2D eigenvalue weighted by Crippen LogP contribution is -1.98. The number of hydrogen-bond donors (Lipinski definition) is 0. The van der Waals surface area contributed by atoms with E-state index in [2.05, 4.69) is 238 Å². The Hall–Kier alpha value is -8.14. The van der Waals surface area contributed by atoms with Gasteiger partial charge in [0.15, 0.2) is 0 Å². The molecular weight excluding hydrogens is 739 g/mol. The van der Waals surface area contributed by atoms with E-state index in [1.807, 2.05) is 0 Å². The van der Waals surface area contributed by atoms with Crippen LogP contribution in [0, 0.1) is 0 Å². The number of aromatic nitrogens is 3. The van der Waals surface area contributed by atoms with Crippen LogP contribution in [0.2, 0.25) is 0 Å². The molecule has 0 amide bonds. The van der Waals surface area contributed by atoms with Gasteiger partial charge in [0.1, 0.15) is 0 Å². The number of rotatable bonds is 5. The second-order valence-corrected chi connectivity index (χ2v) is 16.1. The molecule has 0 spiro atoms. The van der Waals surface area contributed by atoms with Crippen molar-refractivity contribution in [3.8, 4) is 39.3 Å². The zero-order valence-electron chi connectivity index (χ0n) is 33.2. The van der Waals surface area contributed by atoms with Crippen LogP contribution in [0.25, 0.3) is 116 Å². The second kappa shape index (κ2) is 13.2. The predicted octanol–water partition coefficient (Wildman–Crippen LogP) is 15.5. The van der Waals surface area contributed by atoms with Crippen LogP contribution in [0.1, 0.15) is 0 Å². The number of nitrogens with zero attached hydrogens (tertiary/aromatic N) is 3. The molecule has 13 rings (SSSR count). The lowest BCUT2D eigenvalue weighted by Gasteiger charge is -2.13. The van der Waals surface area contributed by atoms with Gasteiger partial charge in [0.05, 0.1) is 33.1 Å². The average molecular weight is 776 g/mol. The molecular formula is C58H37N3. The van der Waals surface area contributed by atoms with Gasteiger partial charge in [0, 0.05) is 49.4 Å². The van der Waals surface area contributed by atoms with Crippen molar-refractivity contribution in [2.75, 3.05) is 0 Å². The molecule has 3 heteroatoms. The molecule has 0 aliphatic heterocycles. The van der Waals surface area contributed by atoms with E-state index in [1.54, 1.807) is 0 Å². The fraction of sp³-hybridized carbons (Fsp3) is 0. The minimum absolute atomic E-state index is 1.15. The quantitative estimate of drug-likeness (QED) is 0.165. The maximum atomic E-state index is 2.50. The molecule has 284 valence electrons. The van der Waals surface area contributed by atoms with Crippen LogP contribution in [-0.4, -0.2) is 13.7 Å². The fourth-order valence-electron chi connectivity index (χ4n) is 10.0. The molecule has 0 atom stereocenters. The highest BCUT2D eigenvalue weighted by molar-refractivity contribution is 6.24. The molecule has 0 aliphatic rings. The standard InChI is InChI=1S/C58H37N3/c1-3-14-38(15-4-1)41-18-13-21-45(34-41)59-53-24-11-10-23-48(53)51-36-42(27-32-55(51)59)43-28-33-56-52(37-43)50-31-30-49-47-22-9-12-25-54(47)60(44-19-5-2-6-20-44)57(49)58(50)61(56)46-29-26-39-16-7-8-17-40(39)35-46/h1-37H. The maximum Gasteiger partial charge on any atom is 0.0788 e. The van der Waals surface area contributed by atoms with Crippen molar-refractivity contribution in [1.82, 2.24) is 13.7 Å². The molecule has 10 aromatic carbocycles. The highest BCUT2D eigenvalue weighted by atomic mass is 15.0. The summed E-state index contributed by atoms with van der Waals surface area (Å²) in [5.74, 6) is 0. The number of fused-ring (bicyclic) bond motifs is 11. The summed E-state index contributed by atoms with van der Waals surface area (Å²) in [5.41, 5.74) is 15.5. The summed E-state index contributed by atoms with van der Waals surface area (Å²) in [6.07, 6.45) is 0. The van der Waals surface area contributed by atoms with Gasteiger partial charge in [0.25, 0.3) is 0 Å². The smallest absolute Gasteiger partial charge is 0.0788 e. The Morgan fingerprint density at radius 1 is 0.213 bits per heavy atom. The van der Waals surface area contributed by atoms with Crippen LogP contribution in [0.3, 0.4) is 0 Å². The summed E-state index contributed by atoms with van der Waals surface area (Å²) in [6.45, 7) is 0. The second-order valence-electron chi connectivity index (χ2n) is 16.1. The van der Waals surface area contributed by atoms with Crippen LogP contribution in [0.15, 0.2) is 224 Å². The average Bonchev–Trinajstić information content (AvgIpc) is 3.97. The molecule has 0 saturated carbocycles. The van der Waals surface area contributed by atoms with E-state index in [4.69, 9.17) is 0 Å². The largest absolute Gasteiger partial charge is 0.309 e. The van der Waals surface area contributed by atoms with Gasteiger partial charge >= 0.3 is 0 Å². The van der Waals surface area contributed by atoms with Crippen molar-refractivity contribution >= 4 is 76.2 Å². The molecule has 0 aliphatic carbocycles. The minimum atomic E-state index is 1.15. The normalized spacial score (nSPS) is 11.9. The molecule has 3 heterocycles. The van der Waals surface area contributed by atoms with Crippen molar-refractivity contribution in [1.29, 1.82) is 0 Å². The first-order valence-electron chi connectivity index (χ1n) is 21.0. The topological polar surface area (TPSA) is 14.8 Å². The lowest BCUT2D eigenvalue weighted by atomic mass is 10.00. The van der Waals surface area contributed by atoms with Crippen molar-refractivity contribution in [3.05, 3.63) is 224 Å². The van der Waals surface area contributed by atoms with Crippen LogP contribution in [-0.2, 0) is 0 Å². The van der Waals surface area contributed by atoms with Crippen molar-refractivity contribution in [2.45, 2.75) is 0 Å². The summed E-state index contributed by atoms with van der Waals surface area (Å²) >= 11 is 0. The Morgan fingerprint density at radius 3 is 1.43 bits per heavy atom. The molecule has 61 heavy (non-hydrogen) atoms. The van der Waals surface area contributed by atoms with E-state index >= 15 is 0 Å². The Morgan fingerprint density at radius 2 is 0.689 bits per heavy atom. The van der Waals surface area contributed by atoms with Gasteiger partial charge in [-0.2, -0.15) is 0 Å². The van der Waals surface area contributed by atoms with E-state index in [9.17, 15) is 0 Å². The Labute approximate surface area is 352 Å². The van der Waals surface area contributed by atoms with Gasteiger partial charge in [-0.1, -0.05) is 152 Å². The van der Waals surface area contributed by atoms with E-state index in [-0.39, 0.29) is 0 Å². The van der Waals surface area contributed by atoms with Crippen LogP contribution in [0.5, 0.6) is 0 Å². The van der Waals surface area contributed by atoms with Crippen molar-refractivity contribution in [3.63, 3.8) is 0 Å². The minimum Gasteiger partial charge on any atom is -0.309 e. The third-order valence-corrected chi connectivity index (χ3v) is 12.8. The van der Waals surface area contributed by atoms with Gasteiger partial charge in [-0.05, 0) is 106 Å². The van der Waals surface area contributed by atoms with Gasteiger partial charge < -0.3 is 13.7 Å². The molecule has 0 fully saturated rings. The number of benzene rings is 10. The fourth-order valence-corrected chi connectivity index (χ4v) is 10.0. The molecule has 3 aromatic heterocycles. The molecule has 0 N–H and O–H groups in total. The first-order valence-corrected chi connectivity index (χ1v) is 21.0. The third kappa shape index (κ3) is 5.11. The first-order chi connectivity index (χ1) is 30.3. The number of para-hydroxylation sites is 3. The molecule has 13 aromatic rings. The zero-order chi connectivity index (χ0) is 40.0. The van der Waals surface area contributed by atoms with Crippen LogP contribution in [0.4, 0.5) is 0 Å². The zero-order valence-corrected chi connectivity index (χ0v) is 33.2. The predicted molar refractivity (Wildman–Crippen MR) is 258 cm³/mol. The highest BCUT2D eigenvalue weighted by Crippen LogP contribution is 2.44. The molecule has 0 bridgehead atoms. The van der Waals surface area contributed by atoms with Crippen LogP contribution >= 0.6 is 0 Å². The Balaban J connectivity index is 1.06. The first kappa shape index (κ1) is 33.8.